The quantitative estimate of drug-likeness (QED) is 0.419. The minimum absolute atomic E-state index is 0.0592. The molecule has 0 bridgehead atoms. The number of fused-ring (bicyclic) bond motifs is 1. The molecular formula is C28H31N5O3. The van der Waals surface area contributed by atoms with E-state index in [1.54, 1.807) is 13.3 Å². The Hall–Kier alpha value is -4.07. The van der Waals surface area contributed by atoms with E-state index in [9.17, 15) is 9.59 Å². The van der Waals surface area contributed by atoms with Gasteiger partial charge in [0.25, 0.3) is 5.56 Å². The Kier molecular flexibility index (Phi) is 6.50. The number of hydrogen-bond acceptors (Lipinski definition) is 5. The first-order chi connectivity index (χ1) is 17.5. The maximum Gasteiger partial charge on any atom is 0.276 e. The molecule has 8 heteroatoms. The minimum Gasteiger partial charge on any atom is -0.497 e. The van der Waals surface area contributed by atoms with Gasteiger partial charge in [-0.25, -0.2) is 4.68 Å². The van der Waals surface area contributed by atoms with Gasteiger partial charge in [0.1, 0.15) is 12.3 Å². The first kappa shape index (κ1) is 23.7. The number of rotatable bonds is 6. The monoisotopic (exact) mass is 485 g/mol. The van der Waals surface area contributed by atoms with Gasteiger partial charge in [0.15, 0.2) is 0 Å². The number of carbonyl (C=O) groups excluding carboxylic acids is 1. The van der Waals surface area contributed by atoms with Crippen LogP contribution in [0.25, 0.3) is 10.8 Å². The van der Waals surface area contributed by atoms with Gasteiger partial charge in [-0.15, -0.1) is 0 Å². The standard InChI is InChI=1S/C28H31N5O3/c1-20-25-17-29-33(28(35)27(25)21(2)32(20)18-22-8-5-4-6-9-22)19-26(34)31-14-12-30(13-15-31)23-10-7-11-24(16-23)36-3/h4-11,16-17H,12-15,18-19H2,1-3H3. The molecule has 0 unspecified atom stereocenters. The number of anilines is 1. The topological polar surface area (TPSA) is 72.6 Å². The van der Waals surface area contributed by atoms with Crippen molar-refractivity contribution in [2.45, 2.75) is 26.9 Å². The molecule has 1 amide bonds. The molecule has 8 nitrogen and oxygen atoms in total. The van der Waals surface area contributed by atoms with Crippen LogP contribution in [0.2, 0.25) is 0 Å². The van der Waals surface area contributed by atoms with Crippen molar-refractivity contribution in [2.75, 3.05) is 38.2 Å². The molecule has 2 aromatic carbocycles. The summed E-state index contributed by atoms with van der Waals surface area (Å²) in [5.41, 5.74) is 3.93. The third kappa shape index (κ3) is 4.46. The number of nitrogens with zero attached hydrogens (tertiary/aromatic N) is 5. The molecule has 4 aromatic rings. The van der Waals surface area contributed by atoms with Crippen LogP contribution in [0.15, 0.2) is 65.6 Å². The highest BCUT2D eigenvalue weighted by Crippen LogP contribution is 2.24. The third-order valence-corrected chi connectivity index (χ3v) is 7.12. The van der Waals surface area contributed by atoms with Crippen LogP contribution >= 0.6 is 0 Å². The molecule has 3 heterocycles. The highest BCUT2D eigenvalue weighted by Gasteiger charge is 2.23. The van der Waals surface area contributed by atoms with Gasteiger partial charge in [0, 0.05) is 61.3 Å². The van der Waals surface area contributed by atoms with Gasteiger partial charge < -0.3 is 19.1 Å². The van der Waals surface area contributed by atoms with Gasteiger partial charge in [-0.1, -0.05) is 36.4 Å². The molecule has 0 aliphatic carbocycles. The zero-order valence-corrected chi connectivity index (χ0v) is 21.0. The fraction of sp³-hybridized carbons (Fsp3) is 0.321. The maximum atomic E-state index is 13.4. The predicted octanol–water partition coefficient (Wildman–Crippen LogP) is 3.22. The van der Waals surface area contributed by atoms with Gasteiger partial charge in [-0.05, 0) is 31.5 Å². The van der Waals surface area contributed by atoms with Crippen molar-refractivity contribution in [3.63, 3.8) is 0 Å². The second kappa shape index (κ2) is 9.89. The van der Waals surface area contributed by atoms with Crippen LogP contribution in [0.4, 0.5) is 5.69 Å². The Morgan fingerprint density at radius 3 is 2.44 bits per heavy atom. The lowest BCUT2D eigenvalue weighted by Gasteiger charge is -2.36. The molecule has 0 atom stereocenters. The van der Waals surface area contributed by atoms with E-state index >= 15 is 0 Å². The Morgan fingerprint density at radius 2 is 1.72 bits per heavy atom. The van der Waals surface area contributed by atoms with Crippen molar-refractivity contribution < 1.29 is 9.53 Å². The normalized spacial score (nSPS) is 13.9. The second-order valence-electron chi connectivity index (χ2n) is 9.21. The van der Waals surface area contributed by atoms with Crippen LogP contribution in [0, 0.1) is 13.8 Å². The number of aromatic nitrogens is 3. The second-order valence-corrected chi connectivity index (χ2v) is 9.21. The molecule has 36 heavy (non-hydrogen) atoms. The smallest absolute Gasteiger partial charge is 0.276 e. The summed E-state index contributed by atoms with van der Waals surface area (Å²) in [5.74, 6) is 0.724. The summed E-state index contributed by atoms with van der Waals surface area (Å²) >= 11 is 0. The number of carbonyl (C=O) groups is 1. The molecule has 0 N–H and O–H groups in total. The van der Waals surface area contributed by atoms with Crippen molar-refractivity contribution in [3.8, 4) is 5.75 Å². The number of amides is 1. The van der Waals surface area contributed by atoms with Gasteiger partial charge in [-0.3, -0.25) is 9.59 Å². The highest BCUT2D eigenvalue weighted by atomic mass is 16.5. The van der Waals surface area contributed by atoms with E-state index < -0.39 is 0 Å². The summed E-state index contributed by atoms with van der Waals surface area (Å²) in [4.78, 5) is 30.5. The van der Waals surface area contributed by atoms with Gasteiger partial charge >= 0.3 is 0 Å². The van der Waals surface area contributed by atoms with Crippen molar-refractivity contribution in [3.05, 3.63) is 88.1 Å². The minimum atomic E-state index is -0.219. The average molecular weight is 486 g/mol. The summed E-state index contributed by atoms with van der Waals surface area (Å²) in [7, 11) is 1.66. The summed E-state index contributed by atoms with van der Waals surface area (Å²) in [5, 5.41) is 5.83. The summed E-state index contributed by atoms with van der Waals surface area (Å²) in [6.45, 7) is 7.23. The molecule has 1 aliphatic heterocycles. The number of methoxy groups -OCH3 is 1. The van der Waals surface area contributed by atoms with Crippen molar-refractivity contribution in [1.82, 2.24) is 19.2 Å². The van der Waals surface area contributed by atoms with Gasteiger partial charge in [0.05, 0.1) is 18.7 Å². The molecule has 0 radical (unpaired) electrons. The Bertz CT molecular complexity index is 1450. The van der Waals surface area contributed by atoms with Crippen molar-refractivity contribution in [1.29, 1.82) is 0 Å². The summed E-state index contributed by atoms with van der Waals surface area (Å²) in [6, 6.07) is 18.1. The molecule has 186 valence electrons. The molecule has 0 saturated carbocycles. The lowest BCUT2D eigenvalue weighted by atomic mass is 10.2. The molecule has 1 fully saturated rings. The van der Waals surface area contributed by atoms with E-state index in [1.165, 1.54) is 10.2 Å². The summed E-state index contributed by atoms with van der Waals surface area (Å²) < 4.78 is 8.78. The van der Waals surface area contributed by atoms with Gasteiger partial charge in [0.2, 0.25) is 5.91 Å². The molecular weight excluding hydrogens is 454 g/mol. The number of benzene rings is 2. The fourth-order valence-electron chi connectivity index (χ4n) is 5.01. The average Bonchev–Trinajstić information content (AvgIpc) is 3.16. The summed E-state index contributed by atoms with van der Waals surface area (Å²) in [6.07, 6.45) is 1.72. The van der Waals surface area contributed by atoms with E-state index in [-0.39, 0.29) is 18.0 Å². The zero-order chi connectivity index (χ0) is 25.2. The largest absolute Gasteiger partial charge is 0.497 e. The van der Waals surface area contributed by atoms with E-state index in [1.807, 2.05) is 61.2 Å². The van der Waals surface area contributed by atoms with Crippen LogP contribution in [-0.2, 0) is 17.9 Å². The molecule has 1 saturated heterocycles. The third-order valence-electron chi connectivity index (χ3n) is 7.12. The SMILES string of the molecule is COc1cccc(N2CCN(C(=O)Cn3ncc4c(C)n(Cc5ccccc5)c(C)c4c3=O)CC2)c1. The van der Waals surface area contributed by atoms with Crippen molar-refractivity contribution in [2.24, 2.45) is 0 Å². The van der Waals surface area contributed by atoms with Crippen LogP contribution in [0.5, 0.6) is 5.75 Å². The predicted molar refractivity (Wildman–Crippen MR) is 141 cm³/mol. The van der Waals surface area contributed by atoms with Crippen LogP contribution < -0.4 is 15.2 Å². The lowest BCUT2D eigenvalue weighted by Crippen LogP contribution is -2.50. The first-order valence-corrected chi connectivity index (χ1v) is 12.2. The number of hydrogen-bond donors (Lipinski definition) is 0. The van der Waals surface area contributed by atoms with E-state index in [2.05, 4.69) is 26.7 Å². The van der Waals surface area contributed by atoms with Crippen LogP contribution in [0.1, 0.15) is 17.0 Å². The van der Waals surface area contributed by atoms with E-state index in [0.29, 0.717) is 25.0 Å². The first-order valence-electron chi connectivity index (χ1n) is 12.2. The van der Waals surface area contributed by atoms with E-state index in [4.69, 9.17) is 4.74 Å². The van der Waals surface area contributed by atoms with Crippen LogP contribution in [-0.4, -0.2) is 58.4 Å². The number of aryl methyl sites for hydroxylation is 2. The molecule has 5 rings (SSSR count). The molecule has 2 aromatic heterocycles. The van der Waals surface area contributed by atoms with Gasteiger partial charge in [-0.2, -0.15) is 5.10 Å². The fourth-order valence-corrected chi connectivity index (χ4v) is 5.01. The number of piperazine rings is 1. The van der Waals surface area contributed by atoms with E-state index in [0.717, 1.165) is 41.3 Å². The van der Waals surface area contributed by atoms with Crippen molar-refractivity contribution >= 4 is 22.4 Å². The molecule has 0 spiro atoms. The zero-order valence-electron chi connectivity index (χ0n) is 21.0. The Balaban J connectivity index is 1.31. The number of ether oxygens (including phenoxy) is 1. The Labute approximate surface area is 210 Å². The highest BCUT2D eigenvalue weighted by molar-refractivity contribution is 5.87. The van der Waals surface area contributed by atoms with Crippen LogP contribution in [0.3, 0.4) is 0 Å². The molecule has 1 aliphatic rings. The maximum absolute atomic E-state index is 13.4. The lowest BCUT2D eigenvalue weighted by molar-refractivity contribution is -0.132. The Morgan fingerprint density at radius 1 is 0.972 bits per heavy atom.